The molecule has 4 nitrogen and oxygen atoms in total. The lowest BCUT2D eigenvalue weighted by Gasteiger charge is -2.09. The fourth-order valence-electron chi connectivity index (χ4n) is 2.16. The predicted molar refractivity (Wildman–Crippen MR) is 79.1 cm³/mol. The first kappa shape index (κ1) is 12.4. The molecule has 1 amide bonds. The summed E-state index contributed by atoms with van der Waals surface area (Å²) in [5, 5.41) is 2.95. The van der Waals surface area contributed by atoms with Crippen molar-refractivity contribution in [2.24, 2.45) is 0 Å². The molecule has 0 saturated carbocycles. The van der Waals surface area contributed by atoms with Gasteiger partial charge in [-0.15, -0.1) is 0 Å². The molecule has 2 heterocycles. The summed E-state index contributed by atoms with van der Waals surface area (Å²) in [7, 11) is 0. The largest absolute Gasteiger partial charge is 0.320 e. The molecular formula is C16H15N3O. The molecule has 0 atom stereocenters. The molecule has 0 bridgehead atoms. The fraction of sp³-hybridized carbons (Fsp3) is 0.125. The zero-order valence-corrected chi connectivity index (χ0v) is 11.4. The van der Waals surface area contributed by atoms with Crippen molar-refractivity contribution < 1.29 is 4.79 Å². The van der Waals surface area contributed by atoms with Gasteiger partial charge >= 0.3 is 0 Å². The zero-order valence-electron chi connectivity index (χ0n) is 11.4. The van der Waals surface area contributed by atoms with Crippen molar-refractivity contribution in [2.45, 2.75) is 13.8 Å². The van der Waals surface area contributed by atoms with Gasteiger partial charge in [0.1, 0.15) is 11.3 Å². The monoisotopic (exact) mass is 265 g/mol. The number of carbonyl (C=O) groups is 1. The lowest BCUT2D eigenvalue weighted by Crippen LogP contribution is -2.15. The van der Waals surface area contributed by atoms with Crippen LogP contribution < -0.4 is 5.32 Å². The van der Waals surface area contributed by atoms with Crippen LogP contribution >= 0.6 is 0 Å². The van der Waals surface area contributed by atoms with Crippen LogP contribution in [0, 0.1) is 13.8 Å². The maximum absolute atomic E-state index is 12.4. The van der Waals surface area contributed by atoms with E-state index in [0.29, 0.717) is 5.69 Å². The van der Waals surface area contributed by atoms with Crippen LogP contribution in [-0.4, -0.2) is 15.3 Å². The van der Waals surface area contributed by atoms with E-state index in [-0.39, 0.29) is 5.91 Å². The number of anilines is 1. The van der Waals surface area contributed by atoms with E-state index in [2.05, 4.69) is 10.3 Å². The average Bonchev–Trinajstić information content (AvgIpc) is 2.87. The number of rotatable bonds is 2. The number of pyridine rings is 1. The Morgan fingerprint density at radius 1 is 1.20 bits per heavy atom. The van der Waals surface area contributed by atoms with E-state index in [1.807, 2.05) is 56.4 Å². The summed E-state index contributed by atoms with van der Waals surface area (Å²) < 4.78 is 1.78. The topological polar surface area (TPSA) is 46.4 Å². The van der Waals surface area contributed by atoms with Crippen molar-refractivity contribution in [3.8, 4) is 0 Å². The zero-order chi connectivity index (χ0) is 14.1. The van der Waals surface area contributed by atoms with E-state index in [1.54, 1.807) is 10.6 Å². The number of aryl methyl sites for hydroxylation is 2. The Morgan fingerprint density at radius 2 is 2.05 bits per heavy atom. The first-order chi connectivity index (χ1) is 9.65. The van der Waals surface area contributed by atoms with Crippen molar-refractivity contribution in [3.63, 3.8) is 0 Å². The normalized spacial score (nSPS) is 10.7. The van der Waals surface area contributed by atoms with Crippen LogP contribution in [0.2, 0.25) is 0 Å². The minimum atomic E-state index is -0.155. The first-order valence-corrected chi connectivity index (χ1v) is 6.46. The third-order valence-corrected chi connectivity index (χ3v) is 3.29. The van der Waals surface area contributed by atoms with Crippen LogP contribution in [0.25, 0.3) is 5.65 Å². The smallest absolute Gasteiger partial charge is 0.274 e. The van der Waals surface area contributed by atoms with E-state index in [9.17, 15) is 4.79 Å². The molecule has 1 N–H and O–H groups in total. The third kappa shape index (κ3) is 2.16. The lowest BCUT2D eigenvalue weighted by atomic mass is 10.1. The first-order valence-electron chi connectivity index (χ1n) is 6.46. The second-order valence-corrected chi connectivity index (χ2v) is 4.84. The Bertz CT molecular complexity index is 789. The molecule has 2 aromatic heterocycles. The molecular weight excluding hydrogens is 250 g/mol. The van der Waals surface area contributed by atoms with Gasteiger partial charge < -0.3 is 5.32 Å². The van der Waals surface area contributed by atoms with Crippen molar-refractivity contribution in [1.82, 2.24) is 9.38 Å². The summed E-state index contributed by atoms with van der Waals surface area (Å²) in [4.78, 5) is 16.6. The maximum atomic E-state index is 12.4. The van der Waals surface area contributed by atoms with Crippen LogP contribution in [0.3, 0.4) is 0 Å². The van der Waals surface area contributed by atoms with E-state index < -0.39 is 0 Å². The molecule has 0 fully saturated rings. The second-order valence-electron chi connectivity index (χ2n) is 4.84. The van der Waals surface area contributed by atoms with Crippen LogP contribution in [0.1, 0.15) is 21.6 Å². The second kappa shape index (κ2) is 4.81. The van der Waals surface area contributed by atoms with Gasteiger partial charge in [0.15, 0.2) is 0 Å². The number of amides is 1. The number of imidazole rings is 1. The van der Waals surface area contributed by atoms with Gasteiger partial charge in [-0.1, -0.05) is 18.2 Å². The summed E-state index contributed by atoms with van der Waals surface area (Å²) in [5.41, 5.74) is 4.28. The Balaban J connectivity index is 1.95. The fourth-order valence-corrected chi connectivity index (χ4v) is 2.16. The highest BCUT2D eigenvalue weighted by molar-refractivity contribution is 6.03. The summed E-state index contributed by atoms with van der Waals surface area (Å²) in [6.07, 6.45) is 3.43. The molecule has 3 aromatic rings. The van der Waals surface area contributed by atoms with E-state index in [0.717, 1.165) is 22.5 Å². The molecule has 0 aliphatic heterocycles. The Labute approximate surface area is 117 Å². The van der Waals surface area contributed by atoms with E-state index in [4.69, 9.17) is 0 Å². The highest BCUT2D eigenvalue weighted by Gasteiger charge is 2.12. The minimum Gasteiger partial charge on any atom is -0.320 e. The van der Waals surface area contributed by atoms with Gasteiger partial charge in [0.05, 0.1) is 6.20 Å². The molecule has 0 aliphatic carbocycles. The van der Waals surface area contributed by atoms with E-state index in [1.165, 1.54) is 0 Å². The molecule has 100 valence electrons. The third-order valence-electron chi connectivity index (χ3n) is 3.29. The Hall–Kier alpha value is -2.62. The summed E-state index contributed by atoms with van der Waals surface area (Å²) >= 11 is 0. The van der Waals surface area contributed by atoms with E-state index >= 15 is 0 Å². The van der Waals surface area contributed by atoms with Crippen molar-refractivity contribution >= 4 is 17.2 Å². The number of benzene rings is 1. The van der Waals surface area contributed by atoms with Crippen molar-refractivity contribution in [2.75, 3.05) is 5.32 Å². The lowest BCUT2D eigenvalue weighted by molar-refractivity contribution is 0.102. The van der Waals surface area contributed by atoms with Crippen molar-refractivity contribution in [3.05, 3.63) is 65.6 Å². The Morgan fingerprint density at radius 3 is 2.90 bits per heavy atom. The molecule has 0 spiro atoms. The minimum absolute atomic E-state index is 0.155. The summed E-state index contributed by atoms with van der Waals surface area (Å²) in [6, 6.07) is 11.6. The number of nitrogens with one attached hydrogen (secondary N) is 1. The highest BCUT2D eigenvalue weighted by Crippen LogP contribution is 2.17. The van der Waals surface area contributed by atoms with Crippen LogP contribution in [0.15, 0.2) is 48.8 Å². The Kier molecular flexibility index (Phi) is 2.99. The number of nitrogens with zero attached hydrogens (tertiary/aromatic N) is 2. The maximum Gasteiger partial charge on any atom is 0.274 e. The van der Waals surface area contributed by atoms with Gasteiger partial charge in [-0.05, 0) is 43.2 Å². The summed E-state index contributed by atoms with van der Waals surface area (Å²) in [6.45, 7) is 3.98. The number of hydrogen-bond donors (Lipinski definition) is 1. The van der Waals surface area contributed by atoms with Gasteiger partial charge in [-0.25, -0.2) is 4.98 Å². The molecule has 0 unspecified atom stereocenters. The van der Waals surface area contributed by atoms with Crippen LogP contribution in [-0.2, 0) is 0 Å². The van der Waals surface area contributed by atoms with Crippen LogP contribution in [0.4, 0.5) is 5.69 Å². The quantitative estimate of drug-likeness (QED) is 0.773. The van der Waals surface area contributed by atoms with Gasteiger partial charge in [-0.2, -0.15) is 0 Å². The number of carbonyl (C=O) groups excluding carboxylic acids is 1. The number of hydrogen-bond acceptors (Lipinski definition) is 2. The molecule has 0 radical (unpaired) electrons. The molecule has 1 aromatic carbocycles. The van der Waals surface area contributed by atoms with Crippen LogP contribution in [0.5, 0.6) is 0 Å². The highest BCUT2D eigenvalue weighted by atomic mass is 16.1. The van der Waals surface area contributed by atoms with Gasteiger partial charge in [0.25, 0.3) is 5.91 Å². The SMILES string of the molecule is Cc1ccc(C)c(NC(=O)c2cnc3ccccn23)c1. The molecule has 4 heteroatoms. The summed E-state index contributed by atoms with van der Waals surface area (Å²) in [5.74, 6) is -0.155. The van der Waals surface area contributed by atoms with Crippen molar-refractivity contribution in [1.29, 1.82) is 0 Å². The van der Waals surface area contributed by atoms with Gasteiger partial charge in [0.2, 0.25) is 0 Å². The molecule has 0 aliphatic rings. The molecule has 3 rings (SSSR count). The number of fused-ring (bicyclic) bond motifs is 1. The number of aromatic nitrogens is 2. The average molecular weight is 265 g/mol. The standard InChI is InChI=1S/C16H15N3O/c1-11-6-7-12(2)13(9-11)18-16(20)14-10-17-15-5-3-4-8-19(14)15/h3-10H,1-2H3,(H,18,20). The predicted octanol–water partition coefficient (Wildman–Crippen LogP) is 3.20. The molecule has 20 heavy (non-hydrogen) atoms. The van der Waals surface area contributed by atoms with Gasteiger partial charge in [0, 0.05) is 11.9 Å². The van der Waals surface area contributed by atoms with Gasteiger partial charge in [-0.3, -0.25) is 9.20 Å². The molecule has 0 saturated heterocycles.